The molecule has 2 nitrogen and oxygen atoms in total. The van der Waals surface area contributed by atoms with Crippen molar-refractivity contribution in [2.45, 2.75) is 13.0 Å². The first-order chi connectivity index (χ1) is 11.7. The molecule has 0 bridgehead atoms. The molecule has 2 aromatic rings. The molecular formula is C20H17NOS2. The van der Waals surface area contributed by atoms with E-state index in [0.29, 0.717) is 9.23 Å². The van der Waals surface area contributed by atoms with E-state index in [2.05, 4.69) is 0 Å². The van der Waals surface area contributed by atoms with Crippen LogP contribution in [0.5, 0.6) is 0 Å². The van der Waals surface area contributed by atoms with Crippen molar-refractivity contribution in [1.29, 1.82) is 0 Å². The lowest BCUT2D eigenvalue weighted by Crippen LogP contribution is -2.30. The van der Waals surface area contributed by atoms with E-state index in [-0.39, 0.29) is 11.9 Å². The zero-order valence-corrected chi connectivity index (χ0v) is 14.9. The van der Waals surface area contributed by atoms with Crippen molar-refractivity contribution in [3.05, 3.63) is 88.8 Å². The fraction of sp³-hybridized carbons (Fsp3) is 0.100. The summed E-state index contributed by atoms with van der Waals surface area (Å²) in [7, 11) is 0. The van der Waals surface area contributed by atoms with Gasteiger partial charge in [0.15, 0.2) is 0 Å². The van der Waals surface area contributed by atoms with Gasteiger partial charge in [0.05, 0.1) is 10.9 Å². The van der Waals surface area contributed by atoms with Crippen LogP contribution in [0.4, 0.5) is 0 Å². The summed E-state index contributed by atoms with van der Waals surface area (Å²) in [6, 6.07) is 19.9. The quantitative estimate of drug-likeness (QED) is 0.557. The largest absolute Gasteiger partial charge is 0.286 e. The molecule has 0 radical (unpaired) electrons. The first-order valence-corrected chi connectivity index (χ1v) is 8.93. The summed E-state index contributed by atoms with van der Waals surface area (Å²) in [6.07, 6.45) is 5.71. The molecule has 1 atom stereocenters. The van der Waals surface area contributed by atoms with E-state index in [1.807, 2.05) is 85.8 Å². The number of hydrogen-bond donors (Lipinski definition) is 0. The van der Waals surface area contributed by atoms with Gasteiger partial charge in [-0.25, -0.2) is 0 Å². The van der Waals surface area contributed by atoms with Crippen molar-refractivity contribution in [1.82, 2.24) is 4.90 Å². The highest BCUT2D eigenvalue weighted by Crippen LogP contribution is 2.36. The number of benzene rings is 2. The number of thiocarbonyl (C=S) groups is 1. The Labute approximate surface area is 151 Å². The Morgan fingerprint density at radius 1 is 1.04 bits per heavy atom. The molecule has 1 fully saturated rings. The lowest BCUT2D eigenvalue weighted by molar-refractivity contribution is -0.123. The minimum atomic E-state index is -0.0669. The highest BCUT2D eigenvalue weighted by molar-refractivity contribution is 8.26. The predicted molar refractivity (Wildman–Crippen MR) is 105 cm³/mol. The summed E-state index contributed by atoms with van der Waals surface area (Å²) in [5.74, 6) is -0.0286. The van der Waals surface area contributed by atoms with E-state index < -0.39 is 0 Å². The molecular weight excluding hydrogens is 334 g/mol. The molecule has 24 heavy (non-hydrogen) atoms. The molecule has 0 N–H and O–H groups in total. The van der Waals surface area contributed by atoms with Crippen LogP contribution in [0.15, 0.2) is 77.7 Å². The number of rotatable bonds is 4. The van der Waals surface area contributed by atoms with Gasteiger partial charge in [0.2, 0.25) is 0 Å². The second kappa shape index (κ2) is 7.60. The number of amides is 1. The van der Waals surface area contributed by atoms with Gasteiger partial charge < -0.3 is 0 Å². The molecule has 0 spiro atoms. The average molecular weight is 351 g/mol. The Balaban J connectivity index is 1.76. The van der Waals surface area contributed by atoms with Crippen LogP contribution in [0, 0.1) is 0 Å². The van der Waals surface area contributed by atoms with Crippen LogP contribution in [0.1, 0.15) is 24.1 Å². The Bertz CT molecular complexity index is 797. The second-order valence-corrected chi connectivity index (χ2v) is 7.11. The summed E-state index contributed by atoms with van der Waals surface area (Å²) < 4.78 is 0.607. The fourth-order valence-corrected chi connectivity index (χ4v) is 3.89. The summed E-state index contributed by atoms with van der Waals surface area (Å²) in [5.41, 5.74) is 2.18. The molecule has 2 aromatic carbocycles. The molecule has 1 heterocycles. The molecule has 1 amide bonds. The van der Waals surface area contributed by atoms with Crippen LogP contribution in [0.2, 0.25) is 0 Å². The van der Waals surface area contributed by atoms with Gasteiger partial charge in [0, 0.05) is 0 Å². The third-order valence-electron chi connectivity index (χ3n) is 3.83. The highest BCUT2D eigenvalue weighted by Gasteiger charge is 2.35. The van der Waals surface area contributed by atoms with Crippen molar-refractivity contribution < 1.29 is 4.79 Å². The van der Waals surface area contributed by atoms with E-state index >= 15 is 0 Å². The smallest absolute Gasteiger partial charge is 0.266 e. The van der Waals surface area contributed by atoms with Crippen LogP contribution in [-0.2, 0) is 4.79 Å². The van der Waals surface area contributed by atoms with Crippen molar-refractivity contribution in [3.63, 3.8) is 0 Å². The first kappa shape index (κ1) is 16.7. The number of nitrogens with zero attached hydrogens (tertiary/aromatic N) is 1. The third kappa shape index (κ3) is 3.66. The number of allylic oxidation sites excluding steroid dienone is 2. The van der Waals surface area contributed by atoms with E-state index in [9.17, 15) is 4.79 Å². The van der Waals surface area contributed by atoms with E-state index in [4.69, 9.17) is 12.2 Å². The molecule has 1 aliphatic heterocycles. The van der Waals surface area contributed by atoms with Gasteiger partial charge >= 0.3 is 0 Å². The molecule has 1 saturated heterocycles. The van der Waals surface area contributed by atoms with E-state index in [1.54, 1.807) is 4.90 Å². The van der Waals surface area contributed by atoms with E-state index in [0.717, 1.165) is 11.1 Å². The van der Waals surface area contributed by atoms with Gasteiger partial charge in [0.25, 0.3) is 5.91 Å². The lowest BCUT2D eigenvalue weighted by atomic mass is 10.1. The average Bonchev–Trinajstić information content (AvgIpc) is 2.90. The van der Waals surface area contributed by atoms with Crippen LogP contribution >= 0.6 is 24.0 Å². The standard InChI is InChI=1S/C20H17NOS2/c1-15(17-12-6-3-7-13-17)21-19(22)18(24-20(21)23)14-8-11-16-9-4-2-5-10-16/h2-15H,1H3/b11-8+,18-14+/t15-/m0/s1. The minimum absolute atomic E-state index is 0.0286. The Hall–Kier alpha value is -2.17. The van der Waals surface area contributed by atoms with Gasteiger partial charge in [-0.15, -0.1) is 0 Å². The third-order valence-corrected chi connectivity index (χ3v) is 5.18. The van der Waals surface area contributed by atoms with Crippen LogP contribution < -0.4 is 0 Å². The number of thioether (sulfide) groups is 1. The molecule has 0 saturated carbocycles. The maximum absolute atomic E-state index is 12.7. The Morgan fingerprint density at radius 2 is 1.67 bits per heavy atom. The highest BCUT2D eigenvalue weighted by atomic mass is 32.2. The van der Waals surface area contributed by atoms with Crippen LogP contribution in [0.3, 0.4) is 0 Å². The zero-order chi connectivity index (χ0) is 16.9. The number of carbonyl (C=O) groups is 1. The fourth-order valence-electron chi connectivity index (χ4n) is 2.52. The topological polar surface area (TPSA) is 20.3 Å². The van der Waals surface area contributed by atoms with Crippen LogP contribution in [0.25, 0.3) is 6.08 Å². The zero-order valence-electron chi connectivity index (χ0n) is 13.3. The predicted octanol–water partition coefficient (Wildman–Crippen LogP) is 5.21. The van der Waals surface area contributed by atoms with Crippen molar-refractivity contribution in [2.75, 3.05) is 0 Å². The second-order valence-electron chi connectivity index (χ2n) is 5.43. The monoisotopic (exact) mass is 351 g/mol. The molecule has 120 valence electrons. The molecule has 0 aromatic heterocycles. The normalized spacial score (nSPS) is 17.9. The summed E-state index contributed by atoms with van der Waals surface area (Å²) in [4.78, 5) is 15.0. The summed E-state index contributed by atoms with van der Waals surface area (Å²) in [5, 5.41) is 0. The van der Waals surface area contributed by atoms with Crippen molar-refractivity contribution in [2.24, 2.45) is 0 Å². The maximum Gasteiger partial charge on any atom is 0.266 e. The Morgan fingerprint density at radius 3 is 2.33 bits per heavy atom. The van der Waals surface area contributed by atoms with Gasteiger partial charge in [-0.2, -0.15) is 0 Å². The number of hydrogen-bond acceptors (Lipinski definition) is 3. The summed E-state index contributed by atoms with van der Waals surface area (Å²) in [6.45, 7) is 2.00. The Kier molecular flexibility index (Phi) is 5.28. The maximum atomic E-state index is 12.7. The van der Waals surface area contributed by atoms with Crippen molar-refractivity contribution in [3.8, 4) is 0 Å². The van der Waals surface area contributed by atoms with Crippen molar-refractivity contribution >= 4 is 40.3 Å². The number of carbonyl (C=O) groups excluding carboxylic acids is 1. The lowest BCUT2D eigenvalue weighted by Gasteiger charge is -2.23. The molecule has 3 rings (SSSR count). The van der Waals surface area contributed by atoms with Gasteiger partial charge in [0.1, 0.15) is 4.32 Å². The molecule has 1 aliphatic rings. The molecule has 0 unspecified atom stereocenters. The summed E-state index contributed by atoms with van der Waals surface area (Å²) >= 11 is 6.78. The first-order valence-electron chi connectivity index (χ1n) is 7.70. The minimum Gasteiger partial charge on any atom is -0.286 e. The molecule has 4 heteroatoms. The van der Waals surface area contributed by atoms with Gasteiger partial charge in [-0.1, -0.05) is 96.8 Å². The van der Waals surface area contributed by atoms with E-state index in [1.165, 1.54) is 11.8 Å². The van der Waals surface area contributed by atoms with Gasteiger partial charge in [-0.05, 0) is 24.1 Å². The van der Waals surface area contributed by atoms with Crippen LogP contribution in [-0.4, -0.2) is 15.1 Å². The molecule has 0 aliphatic carbocycles. The SMILES string of the molecule is C[C@@H](c1ccccc1)N1C(=O)/C(=C\C=C\c2ccccc2)SC1=S. The van der Waals surface area contributed by atoms with Gasteiger partial charge in [-0.3, -0.25) is 9.69 Å².